The Morgan fingerprint density at radius 2 is 0.800 bits per heavy atom. The Kier molecular flexibility index (Phi) is 7.61. The second-order valence-corrected chi connectivity index (χ2v) is 15.8. The predicted octanol–water partition coefficient (Wildman–Crippen LogP) is 9.10. The highest BCUT2D eigenvalue weighted by atomic mass is 16.7. The van der Waals surface area contributed by atoms with Gasteiger partial charge in [0.1, 0.15) is 15.7 Å². The molecule has 55 heavy (non-hydrogen) atoms. The number of rotatable bonds is 5. The average molecular weight is 706 g/mol. The molecule has 3 heterocycles. The lowest BCUT2D eigenvalue weighted by Crippen LogP contribution is -2.41. The Bertz CT molecular complexity index is 2770. The van der Waals surface area contributed by atoms with Gasteiger partial charge in [-0.3, -0.25) is 0 Å². The lowest BCUT2D eigenvalue weighted by Gasteiger charge is -2.32. The summed E-state index contributed by atoms with van der Waals surface area (Å²) in [5.41, 5.74) is 12.5. The van der Waals surface area contributed by atoms with Crippen LogP contribution in [0.1, 0.15) is 27.7 Å². The SMILES string of the molecule is [B]c1ccc2c(c1)c1cc(-c3cc(B4OC(C)(C)C(C)(C)O4)cc(-c4ccc5c(c4)c4cc([B])ccc4n5-c4ccccc4)c3)ccc1n2-c1ccccc1. The molecule has 1 aliphatic heterocycles. The van der Waals surface area contributed by atoms with Crippen molar-refractivity contribution in [3.05, 3.63) is 152 Å². The second-order valence-electron chi connectivity index (χ2n) is 15.8. The molecule has 9 aromatic rings. The normalized spacial score (nSPS) is 15.2. The van der Waals surface area contributed by atoms with Crippen LogP contribution >= 0.6 is 0 Å². The molecular weight excluding hydrogens is 669 g/mol. The fraction of sp³-hybridized carbons (Fsp3) is 0.125. The number of benzene rings is 7. The Hall–Kier alpha value is -5.75. The van der Waals surface area contributed by atoms with Crippen LogP contribution in [0, 0.1) is 0 Å². The van der Waals surface area contributed by atoms with Crippen LogP contribution in [-0.4, -0.2) is 43.1 Å². The van der Waals surface area contributed by atoms with Gasteiger partial charge in [-0.1, -0.05) is 95.9 Å². The largest absolute Gasteiger partial charge is 0.494 e. The molecule has 0 bridgehead atoms. The summed E-state index contributed by atoms with van der Waals surface area (Å²) < 4.78 is 18.0. The van der Waals surface area contributed by atoms with Crippen molar-refractivity contribution in [1.82, 2.24) is 9.13 Å². The number of aromatic nitrogens is 2. The highest BCUT2D eigenvalue weighted by Gasteiger charge is 2.51. The standard InChI is InChI=1S/C48H37B3N2O2/c1-47(2)48(3,4)55-51(54-47)36-24-32(30-15-19-43-39(26-30)41-28-34(49)17-21-45(41)52(43)37-11-7-5-8-12-37)23-33(25-36)31-16-20-44-40(27-31)42-29-35(50)18-22-46(42)53(44)38-13-9-6-10-14-38/h5-29H,1-4H3. The Morgan fingerprint density at radius 1 is 0.418 bits per heavy atom. The van der Waals surface area contributed by atoms with E-state index in [2.05, 4.69) is 164 Å². The topological polar surface area (TPSA) is 28.3 Å². The van der Waals surface area contributed by atoms with Crippen LogP contribution in [0.2, 0.25) is 0 Å². The van der Waals surface area contributed by atoms with E-state index in [1.54, 1.807) is 0 Å². The van der Waals surface area contributed by atoms with Gasteiger partial charge in [0, 0.05) is 32.9 Å². The van der Waals surface area contributed by atoms with Gasteiger partial charge in [0.15, 0.2) is 0 Å². The molecule has 1 fully saturated rings. The lowest BCUT2D eigenvalue weighted by atomic mass is 9.76. The minimum Gasteiger partial charge on any atom is -0.399 e. The van der Waals surface area contributed by atoms with E-state index in [0.717, 1.165) is 93.6 Å². The number of hydrogen-bond donors (Lipinski definition) is 0. The van der Waals surface area contributed by atoms with Gasteiger partial charge in [0.2, 0.25) is 0 Å². The molecule has 0 spiro atoms. The monoisotopic (exact) mass is 706 g/mol. The number of para-hydroxylation sites is 2. The van der Waals surface area contributed by atoms with E-state index in [-0.39, 0.29) is 0 Å². The zero-order valence-electron chi connectivity index (χ0n) is 31.4. The third-order valence-electron chi connectivity index (χ3n) is 11.8. The molecule has 0 N–H and O–H groups in total. The van der Waals surface area contributed by atoms with E-state index < -0.39 is 18.3 Å². The van der Waals surface area contributed by atoms with Gasteiger partial charge < -0.3 is 18.4 Å². The van der Waals surface area contributed by atoms with Crippen LogP contribution in [0.5, 0.6) is 0 Å². The summed E-state index contributed by atoms with van der Waals surface area (Å²) in [6, 6.07) is 53.5. The molecule has 0 amide bonds. The van der Waals surface area contributed by atoms with Crippen molar-refractivity contribution >= 4 is 82.8 Å². The lowest BCUT2D eigenvalue weighted by molar-refractivity contribution is 0.00578. The summed E-state index contributed by atoms with van der Waals surface area (Å²) in [4.78, 5) is 0. The molecule has 2 aromatic heterocycles. The molecule has 7 heteroatoms. The Morgan fingerprint density at radius 3 is 1.22 bits per heavy atom. The first-order valence-corrected chi connectivity index (χ1v) is 18.8. The molecule has 10 rings (SSSR count). The van der Waals surface area contributed by atoms with Crippen LogP contribution in [0.25, 0.3) is 77.2 Å². The van der Waals surface area contributed by atoms with Crippen molar-refractivity contribution < 1.29 is 9.31 Å². The van der Waals surface area contributed by atoms with E-state index in [0.29, 0.717) is 0 Å². The molecule has 260 valence electrons. The zero-order valence-corrected chi connectivity index (χ0v) is 31.4. The molecule has 1 aliphatic rings. The van der Waals surface area contributed by atoms with Gasteiger partial charge in [-0.15, -0.1) is 0 Å². The first-order valence-electron chi connectivity index (χ1n) is 18.8. The minimum absolute atomic E-state index is 0.482. The number of hydrogen-bond acceptors (Lipinski definition) is 2. The van der Waals surface area contributed by atoms with Gasteiger partial charge in [-0.25, -0.2) is 0 Å². The summed E-state index contributed by atoms with van der Waals surface area (Å²) >= 11 is 0. The molecule has 0 atom stereocenters. The zero-order chi connectivity index (χ0) is 37.6. The van der Waals surface area contributed by atoms with Crippen LogP contribution in [-0.2, 0) is 9.31 Å². The van der Waals surface area contributed by atoms with Gasteiger partial charge in [0.05, 0.1) is 33.3 Å². The first-order chi connectivity index (χ1) is 26.5. The van der Waals surface area contributed by atoms with Crippen LogP contribution < -0.4 is 16.4 Å². The molecule has 0 unspecified atom stereocenters. The van der Waals surface area contributed by atoms with Gasteiger partial charge in [-0.05, 0) is 122 Å². The molecule has 0 saturated carbocycles. The second kappa shape index (κ2) is 12.4. The van der Waals surface area contributed by atoms with Crippen LogP contribution in [0.3, 0.4) is 0 Å². The van der Waals surface area contributed by atoms with E-state index in [9.17, 15) is 0 Å². The summed E-state index contributed by atoms with van der Waals surface area (Å²) in [5.74, 6) is 0. The van der Waals surface area contributed by atoms with Gasteiger partial charge >= 0.3 is 7.12 Å². The first kappa shape index (κ1) is 33.8. The summed E-state index contributed by atoms with van der Waals surface area (Å²) in [7, 11) is 12.3. The summed E-state index contributed by atoms with van der Waals surface area (Å²) in [6.45, 7) is 8.40. The Balaban J connectivity index is 1.19. The summed E-state index contributed by atoms with van der Waals surface area (Å²) in [6.07, 6.45) is 0. The average Bonchev–Trinajstić information content (AvgIpc) is 3.77. The van der Waals surface area contributed by atoms with Crippen LogP contribution in [0.15, 0.2) is 152 Å². The fourth-order valence-electron chi connectivity index (χ4n) is 8.25. The molecular formula is C48H37B3N2O2. The third-order valence-corrected chi connectivity index (χ3v) is 11.8. The smallest absolute Gasteiger partial charge is 0.399 e. The van der Waals surface area contributed by atoms with Crippen molar-refractivity contribution in [2.45, 2.75) is 38.9 Å². The molecule has 1 saturated heterocycles. The molecule has 4 radical (unpaired) electrons. The van der Waals surface area contributed by atoms with E-state index in [1.807, 2.05) is 24.3 Å². The van der Waals surface area contributed by atoms with Crippen molar-refractivity contribution in [2.24, 2.45) is 0 Å². The predicted molar refractivity (Wildman–Crippen MR) is 232 cm³/mol. The maximum absolute atomic E-state index is 6.66. The number of nitrogens with zero attached hydrogens (tertiary/aromatic N) is 2. The van der Waals surface area contributed by atoms with Gasteiger partial charge in [-0.2, -0.15) is 0 Å². The maximum Gasteiger partial charge on any atom is 0.494 e. The maximum atomic E-state index is 6.66. The fourth-order valence-corrected chi connectivity index (χ4v) is 8.25. The Labute approximate surface area is 324 Å². The minimum atomic E-state index is -0.532. The van der Waals surface area contributed by atoms with Crippen molar-refractivity contribution in [3.63, 3.8) is 0 Å². The van der Waals surface area contributed by atoms with E-state index in [1.165, 1.54) is 0 Å². The molecule has 7 aromatic carbocycles. The van der Waals surface area contributed by atoms with Crippen LogP contribution in [0.4, 0.5) is 0 Å². The van der Waals surface area contributed by atoms with Crippen molar-refractivity contribution in [3.8, 4) is 33.6 Å². The quantitative estimate of drug-likeness (QED) is 0.167. The summed E-state index contributed by atoms with van der Waals surface area (Å²) in [5, 5.41) is 4.50. The highest BCUT2D eigenvalue weighted by Crippen LogP contribution is 2.40. The van der Waals surface area contributed by atoms with E-state index >= 15 is 0 Å². The molecule has 4 nitrogen and oxygen atoms in total. The number of fused-ring (bicyclic) bond motifs is 6. The van der Waals surface area contributed by atoms with E-state index in [4.69, 9.17) is 25.0 Å². The van der Waals surface area contributed by atoms with Crippen molar-refractivity contribution in [2.75, 3.05) is 0 Å². The third kappa shape index (κ3) is 5.48. The molecule has 0 aliphatic carbocycles. The van der Waals surface area contributed by atoms with Crippen molar-refractivity contribution in [1.29, 1.82) is 0 Å². The highest BCUT2D eigenvalue weighted by molar-refractivity contribution is 6.62. The van der Waals surface area contributed by atoms with Gasteiger partial charge in [0.25, 0.3) is 0 Å².